The first kappa shape index (κ1) is 19.4. The van der Waals surface area contributed by atoms with E-state index in [4.69, 9.17) is 0 Å². The lowest BCUT2D eigenvalue weighted by molar-refractivity contribution is -0.885. The van der Waals surface area contributed by atoms with Crippen molar-refractivity contribution in [2.24, 2.45) is 5.41 Å². The highest BCUT2D eigenvalue weighted by atomic mass is 32.1. The molecular formula is C25H17FN3OS+. The number of benzene rings is 2. The average Bonchev–Trinajstić information content (AvgIpc) is 3.44. The molecule has 6 heteroatoms. The largest absolute Gasteiger partial charge is 0.291 e. The summed E-state index contributed by atoms with van der Waals surface area (Å²) in [6, 6.07) is 20.5. The zero-order valence-corrected chi connectivity index (χ0v) is 17.1. The molecule has 0 saturated carbocycles. The lowest BCUT2D eigenvalue weighted by Gasteiger charge is -2.29. The van der Waals surface area contributed by atoms with E-state index in [1.807, 2.05) is 48.0 Å². The maximum atomic E-state index is 13.7. The van der Waals surface area contributed by atoms with Crippen LogP contribution in [0.25, 0.3) is 6.08 Å². The minimum atomic E-state index is -1.49. The average molecular weight is 426 g/mol. The summed E-state index contributed by atoms with van der Waals surface area (Å²) in [6.45, 7) is 0. The molecule has 2 aromatic carbocycles. The molecule has 3 aromatic rings. The van der Waals surface area contributed by atoms with Crippen molar-refractivity contribution in [3.63, 3.8) is 0 Å². The van der Waals surface area contributed by atoms with E-state index in [9.17, 15) is 19.7 Å². The highest BCUT2D eigenvalue weighted by molar-refractivity contribution is 7.12. The Morgan fingerprint density at radius 1 is 1.03 bits per heavy atom. The summed E-state index contributed by atoms with van der Waals surface area (Å²) in [6.07, 6.45) is 3.85. The van der Waals surface area contributed by atoms with Crippen molar-refractivity contribution in [3.8, 4) is 12.1 Å². The molecule has 4 nitrogen and oxygen atoms in total. The molecule has 2 aliphatic heterocycles. The van der Waals surface area contributed by atoms with E-state index in [0.717, 1.165) is 16.0 Å². The Hall–Kier alpha value is -3.58. The van der Waals surface area contributed by atoms with Crippen LogP contribution in [0, 0.1) is 33.9 Å². The summed E-state index contributed by atoms with van der Waals surface area (Å²) in [5, 5.41) is 22.6. The second-order valence-electron chi connectivity index (χ2n) is 7.84. The Labute approximate surface area is 183 Å². The third-order valence-corrected chi connectivity index (χ3v) is 7.26. The fourth-order valence-corrected chi connectivity index (χ4v) is 5.81. The number of hydrogen-bond acceptors (Lipinski definition) is 4. The number of hydrogen-bond donors (Lipinski definition) is 1. The summed E-state index contributed by atoms with van der Waals surface area (Å²) in [5.74, 6) is -1.23. The van der Waals surface area contributed by atoms with Crippen molar-refractivity contribution >= 4 is 23.2 Å². The minimum Gasteiger partial charge on any atom is -0.291 e. The van der Waals surface area contributed by atoms with Gasteiger partial charge in [-0.3, -0.25) is 9.69 Å². The van der Waals surface area contributed by atoms with E-state index < -0.39 is 29.2 Å². The van der Waals surface area contributed by atoms with Crippen LogP contribution in [-0.4, -0.2) is 11.8 Å². The van der Waals surface area contributed by atoms with Gasteiger partial charge in [0.15, 0.2) is 12.1 Å². The van der Waals surface area contributed by atoms with Gasteiger partial charge in [-0.2, -0.15) is 10.5 Å². The molecule has 1 unspecified atom stereocenters. The zero-order chi connectivity index (χ0) is 21.6. The van der Waals surface area contributed by atoms with Gasteiger partial charge in [0.1, 0.15) is 5.82 Å². The van der Waals surface area contributed by atoms with E-state index >= 15 is 0 Å². The number of nitrogens with one attached hydrogen (secondary N) is 1. The number of carbonyl (C=O) groups is 1. The van der Waals surface area contributed by atoms with Gasteiger partial charge >= 0.3 is 0 Å². The van der Waals surface area contributed by atoms with Crippen LogP contribution < -0.4 is 4.90 Å². The second-order valence-corrected chi connectivity index (χ2v) is 8.78. The minimum absolute atomic E-state index is 0.110. The fraction of sp³-hybridized carbons (Fsp3) is 0.160. The van der Waals surface area contributed by atoms with Crippen molar-refractivity contribution in [1.82, 2.24) is 0 Å². The number of halogens is 1. The van der Waals surface area contributed by atoms with Gasteiger partial charge in [0.05, 0.1) is 29.1 Å². The molecule has 1 N–H and O–H groups in total. The Morgan fingerprint density at radius 2 is 1.77 bits per heavy atom. The van der Waals surface area contributed by atoms with Gasteiger partial charge in [-0.1, -0.05) is 42.5 Å². The normalized spacial score (nSPS) is 25.1. The first-order valence-electron chi connectivity index (χ1n) is 9.90. The second kappa shape index (κ2) is 7.28. The predicted octanol–water partition coefficient (Wildman–Crippen LogP) is 3.88. The van der Waals surface area contributed by atoms with Crippen molar-refractivity contribution in [2.45, 2.75) is 18.0 Å². The van der Waals surface area contributed by atoms with E-state index in [1.54, 1.807) is 18.2 Å². The SMILES string of the molecule is N#CC1(C#N)[C@H](c2ccc(F)cc2)[C@H](C(=O)c2cccs2)[NH+]2C=Cc3ccccc3[C@H]21. The number of thiophene rings is 1. The van der Waals surface area contributed by atoms with Crippen LogP contribution in [0.2, 0.25) is 0 Å². The highest BCUT2D eigenvalue weighted by Crippen LogP contribution is 2.51. The van der Waals surface area contributed by atoms with Gasteiger partial charge in [0.2, 0.25) is 11.2 Å². The highest BCUT2D eigenvalue weighted by Gasteiger charge is 2.68. The number of Topliss-reactive ketones (excluding diaryl/α,β-unsaturated/α-hetero) is 1. The molecule has 5 rings (SSSR count). The molecule has 0 aliphatic carbocycles. The van der Waals surface area contributed by atoms with Gasteiger partial charge in [-0.25, -0.2) is 4.39 Å². The maximum absolute atomic E-state index is 13.7. The molecule has 31 heavy (non-hydrogen) atoms. The molecule has 1 fully saturated rings. The van der Waals surface area contributed by atoms with Crippen LogP contribution >= 0.6 is 11.3 Å². The van der Waals surface area contributed by atoms with Crippen LogP contribution in [0.15, 0.2) is 72.2 Å². The number of rotatable bonds is 3. The van der Waals surface area contributed by atoms with Gasteiger partial charge in [-0.15, -0.1) is 11.3 Å². The summed E-state index contributed by atoms with van der Waals surface area (Å²) in [7, 11) is 0. The summed E-state index contributed by atoms with van der Waals surface area (Å²) in [5.41, 5.74) is 0.933. The lowest BCUT2D eigenvalue weighted by Crippen LogP contribution is -3.11. The van der Waals surface area contributed by atoms with Crippen molar-refractivity contribution in [2.75, 3.05) is 0 Å². The van der Waals surface area contributed by atoms with Crippen LogP contribution in [0.4, 0.5) is 4.39 Å². The molecule has 0 bridgehead atoms. The number of nitrogens with zero attached hydrogens (tertiary/aromatic N) is 2. The summed E-state index contributed by atoms with van der Waals surface area (Å²) in [4.78, 5) is 15.1. The molecule has 150 valence electrons. The van der Waals surface area contributed by atoms with Crippen molar-refractivity contribution < 1.29 is 14.1 Å². The number of carbonyl (C=O) groups excluding carboxylic acids is 1. The first-order chi connectivity index (χ1) is 15.1. The van der Waals surface area contributed by atoms with Gasteiger partial charge < -0.3 is 0 Å². The maximum Gasteiger partial charge on any atom is 0.230 e. The van der Waals surface area contributed by atoms with Crippen LogP contribution in [-0.2, 0) is 0 Å². The Balaban J connectivity index is 1.78. The van der Waals surface area contributed by atoms with Gasteiger partial charge in [0, 0.05) is 5.56 Å². The van der Waals surface area contributed by atoms with Crippen molar-refractivity contribution in [3.05, 3.63) is 99.6 Å². The van der Waals surface area contributed by atoms with Gasteiger partial charge in [-0.05, 0) is 40.8 Å². The Bertz CT molecular complexity index is 1250. The van der Waals surface area contributed by atoms with E-state index in [2.05, 4.69) is 12.1 Å². The standard InChI is InChI=1S/C25H16FN3OS/c26-18-9-7-17(8-10-18)21-22(23(30)20-6-3-13-31-20)29-12-11-16-4-1-2-5-19(16)24(29)25(21,14-27)15-28/h1-13,21-22,24H/p+1/t21-,22-,24+/m1/s1. The Morgan fingerprint density at radius 3 is 2.45 bits per heavy atom. The smallest absolute Gasteiger partial charge is 0.230 e. The molecule has 1 saturated heterocycles. The van der Waals surface area contributed by atoms with Crippen LogP contribution in [0.3, 0.4) is 0 Å². The summed E-state index contributed by atoms with van der Waals surface area (Å²) < 4.78 is 13.7. The number of fused-ring (bicyclic) bond motifs is 3. The molecule has 4 atom stereocenters. The molecule has 3 heterocycles. The lowest BCUT2D eigenvalue weighted by atomic mass is 9.67. The fourth-order valence-electron chi connectivity index (χ4n) is 5.11. The molecule has 2 aliphatic rings. The molecule has 1 aromatic heterocycles. The zero-order valence-electron chi connectivity index (χ0n) is 16.3. The number of ketones is 1. The van der Waals surface area contributed by atoms with Crippen LogP contribution in [0.1, 0.15) is 38.3 Å². The summed E-state index contributed by atoms with van der Waals surface area (Å²) >= 11 is 1.35. The third kappa shape index (κ3) is 2.77. The van der Waals surface area contributed by atoms with E-state index in [0.29, 0.717) is 10.4 Å². The molecule has 0 radical (unpaired) electrons. The Kier molecular flexibility index (Phi) is 4.55. The van der Waals surface area contributed by atoms with E-state index in [-0.39, 0.29) is 5.78 Å². The third-order valence-electron chi connectivity index (χ3n) is 6.38. The molecular weight excluding hydrogens is 409 g/mol. The quantitative estimate of drug-likeness (QED) is 0.647. The number of quaternary nitrogens is 1. The monoisotopic (exact) mass is 426 g/mol. The van der Waals surface area contributed by atoms with Crippen LogP contribution in [0.5, 0.6) is 0 Å². The molecule has 0 spiro atoms. The van der Waals surface area contributed by atoms with Crippen molar-refractivity contribution in [1.29, 1.82) is 10.5 Å². The first-order valence-corrected chi connectivity index (χ1v) is 10.8. The van der Waals surface area contributed by atoms with E-state index in [1.165, 1.54) is 23.5 Å². The predicted molar refractivity (Wildman–Crippen MR) is 114 cm³/mol. The van der Waals surface area contributed by atoms with Gasteiger partial charge in [0.25, 0.3) is 0 Å². The topological polar surface area (TPSA) is 69.1 Å². The molecule has 0 amide bonds. The number of nitriles is 2.